The number of piperidine rings is 1. The number of aliphatic hydroxyl groups is 2. The second-order valence-corrected chi connectivity index (χ2v) is 11.4. The number of pyridine rings is 1. The molecule has 0 bridgehead atoms. The minimum Gasteiger partial charge on any atom is -0.394 e. The topological polar surface area (TPSA) is 110 Å². The van der Waals surface area contributed by atoms with Gasteiger partial charge in [-0.05, 0) is 93.1 Å². The first kappa shape index (κ1) is 24.4. The second-order valence-electron chi connectivity index (χ2n) is 10.5. The van der Waals surface area contributed by atoms with Gasteiger partial charge in [-0.1, -0.05) is 6.07 Å². The molecule has 1 aromatic carbocycles. The average Bonchev–Trinajstić information content (AvgIpc) is 3.81. The van der Waals surface area contributed by atoms with E-state index in [1.807, 2.05) is 24.3 Å². The second kappa shape index (κ2) is 9.97. The highest BCUT2D eigenvalue weighted by molar-refractivity contribution is 7.97. The molecule has 0 atom stereocenters. The van der Waals surface area contributed by atoms with Crippen LogP contribution in [0, 0.1) is 5.41 Å². The van der Waals surface area contributed by atoms with Crippen molar-refractivity contribution in [3.05, 3.63) is 42.0 Å². The van der Waals surface area contributed by atoms with E-state index in [1.165, 1.54) is 25.7 Å². The molecule has 1 aromatic heterocycles. The van der Waals surface area contributed by atoms with Gasteiger partial charge in [0.2, 0.25) is 0 Å². The average molecular weight is 498 g/mol. The molecule has 188 valence electrons. The molecule has 9 heteroatoms. The van der Waals surface area contributed by atoms with Crippen LogP contribution in [0.1, 0.15) is 55.8 Å². The smallest absolute Gasteiger partial charge is 0.259 e. The fourth-order valence-corrected chi connectivity index (χ4v) is 5.30. The highest BCUT2D eigenvalue weighted by atomic mass is 32.2. The van der Waals surface area contributed by atoms with E-state index in [4.69, 9.17) is 4.98 Å². The van der Waals surface area contributed by atoms with Crippen LogP contribution in [0.4, 0.5) is 17.3 Å². The summed E-state index contributed by atoms with van der Waals surface area (Å²) in [4.78, 5) is 21.5. The van der Waals surface area contributed by atoms with Crippen molar-refractivity contribution in [3.8, 4) is 0 Å². The summed E-state index contributed by atoms with van der Waals surface area (Å²) in [7, 11) is 0. The van der Waals surface area contributed by atoms with Crippen molar-refractivity contribution >= 4 is 35.2 Å². The maximum Gasteiger partial charge on any atom is 0.259 e. The maximum absolute atomic E-state index is 13.4. The lowest BCUT2D eigenvalue weighted by Crippen LogP contribution is -2.43. The number of hydrogen-bond acceptors (Lipinski definition) is 8. The molecule has 5 N–H and O–H groups in total. The van der Waals surface area contributed by atoms with Crippen LogP contribution in [0.5, 0.6) is 0 Å². The van der Waals surface area contributed by atoms with Crippen molar-refractivity contribution in [1.29, 1.82) is 0 Å². The zero-order valence-corrected chi connectivity index (χ0v) is 21.0. The van der Waals surface area contributed by atoms with Crippen LogP contribution in [0.25, 0.3) is 0 Å². The highest BCUT2D eigenvalue weighted by Crippen LogP contribution is 2.54. The highest BCUT2D eigenvalue weighted by Gasteiger charge is 2.45. The Hall–Kier alpha value is -2.33. The molecule has 0 unspecified atom stereocenters. The van der Waals surface area contributed by atoms with Gasteiger partial charge < -0.3 is 25.7 Å². The fourth-order valence-electron chi connectivity index (χ4n) is 4.43. The monoisotopic (exact) mass is 497 g/mol. The van der Waals surface area contributed by atoms with Crippen molar-refractivity contribution in [2.45, 2.75) is 61.9 Å². The van der Waals surface area contributed by atoms with Gasteiger partial charge >= 0.3 is 0 Å². The number of carbonyl (C=O) groups is 1. The molecule has 1 amide bonds. The number of amides is 1. The lowest BCUT2D eigenvalue weighted by molar-refractivity contribution is 0.102. The minimum absolute atomic E-state index is 0.199. The number of rotatable bonds is 10. The zero-order valence-electron chi connectivity index (χ0n) is 20.2. The maximum atomic E-state index is 13.4. The van der Waals surface area contributed by atoms with Crippen molar-refractivity contribution in [2.24, 2.45) is 5.41 Å². The third kappa shape index (κ3) is 5.91. The van der Waals surface area contributed by atoms with E-state index < -0.39 is 5.54 Å². The SMILES string of the molecule is CC(CO)(CO)Nc1ccc(C(=O)Nc2cccc(SNC3CC3)c2)c(N2CCC3(CC2)CC3)n1. The molecule has 1 aliphatic heterocycles. The van der Waals surface area contributed by atoms with E-state index in [0.717, 1.165) is 36.5 Å². The summed E-state index contributed by atoms with van der Waals surface area (Å²) in [6, 6.07) is 12.0. The summed E-state index contributed by atoms with van der Waals surface area (Å²) in [5.74, 6) is 0.968. The van der Waals surface area contributed by atoms with E-state index >= 15 is 0 Å². The van der Waals surface area contributed by atoms with Crippen LogP contribution in [-0.4, -0.2) is 59.0 Å². The Morgan fingerprint density at radius 2 is 1.89 bits per heavy atom. The normalized spacial score (nSPS) is 19.0. The van der Waals surface area contributed by atoms with Crippen LogP contribution in [-0.2, 0) is 0 Å². The van der Waals surface area contributed by atoms with Crippen LogP contribution in [0.15, 0.2) is 41.3 Å². The molecule has 3 fully saturated rings. The molecule has 0 radical (unpaired) electrons. The standard InChI is InChI=1S/C26H35N5O3S/c1-25(16-32,17-33)29-22-8-7-21(23(28-22)31-13-11-26(9-10-26)12-14-31)24(34)27-19-3-2-4-20(15-19)35-30-18-5-6-18/h2-4,7-8,15,18,30,32-33H,5-6,9-14,16-17H2,1H3,(H,27,34)(H,28,29). The largest absolute Gasteiger partial charge is 0.394 e. The molecule has 2 heterocycles. The van der Waals surface area contributed by atoms with E-state index in [9.17, 15) is 15.0 Å². The molecule has 1 saturated heterocycles. The molecular formula is C26H35N5O3S. The summed E-state index contributed by atoms with van der Waals surface area (Å²) < 4.78 is 3.43. The number of nitrogens with zero attached hydrogens (tertiary/aromatic N) is 2. The summed E-state index contributed by atoms with van der Waals surface area (Å²) in [6.45, 7) is 2.99. The Balaban J connectivity index is 1.36. The Morgan fingerprint density at radius 3 is 2.54 bits per heavy atom. The van der Waals surface area contributed by atoms with Gasteiger partial charge in [-0.2, -0.15) is 0 Å². The molecular weight excluding hydrogens is 462 g/mol. The van der Waals surface area contributed by atoms with Crippen molar-refractivity contribution in [1.82, 2.24) is 9.71 Å². The third-order valence-electron chi connectivity index (χ3n) is 7.34. The van der Waals surface area contributed by atoms with E-state index in [1.54, 1.807) is 31.0 Å². The van der Waals surface area contributed by atoms with Crippen LogP contribution >= 0.6 is 11.9 Å². The summed E-state index contributed by atoms with van der Waals surface area (Å²) in [6.07, 6.45) is 7.28. The predicted molar refractivity (Wildman–Crippen MR) is 140 cm³/mol. The fraction of sp³-hybridized carbons (Fsp3) is 0.538. The first-order chi connectivity index (χ1) is 16.9. The number of hydrogen-bond donors (Lipinski definition) is 5. The van der Waals surface area contributed by atoms with Gasteiger partial charge in [-0.3, -0.25) is 9.52 Å². The Bertz CT molecular complexity index is 1060. The van der Waals surface area contributed by atoms with Crippen LogP contribution < -0.4 is 20.3 Å². The van der Waals surface area contributed by atoms with Crippen molar-refractivity contribution in [2.75, 3.05) is 41.8 Å². The number of aliphatic hydroxyl groups excluding tert-OH is 2. The van der Waals surface area contributed by atoms with Crippen molar-refractivity contribution in [3.63, 3.8) is 0 Å². The number of anilines is 3. The lowest BCUT2D eigenvalue weighted by Gasteiger charge is -2.34. The molecule has 1 spiro atoms. The van der Waals surface area contributed by atoms with Crippen LogP contribution in [0.2, 0.25) is 0 Å². The van der Waals surface area contributed by atoms with Gasteiger partial charge in [0.15, 0.2) is 0 Å². The first-order valence-electron chi connectivity index (χ1n) is 12.5. The molecule has 2 aromatic rings. The third-order valence-corrected chi connectivity index (χ3v) is 8.28. The molecule has 8 nitrogen and oxygen atoms in total. The number of benzene rings is 1. The summed E-state index contributed by atoms with van der Waals surface area (Å²) in [5, 5.41) is 25.6. The molecule has 2 aliphatic carbocycles. The van der Waals surface area contributed by atoms with Gasteiger partial charge in [-0.25, -0.2) is 4.98 Å². The van der Waals surface area contributed by atoms with Gasteiger partial charge in [-0.15, -0.1) is 0 Å². The Morgan fingerprint density at radius 1 is 1.14 bits per heavy atom. The summed E-state index contributed by atoms with van der Waals surface area (Å²) in [5.41, 5.74) is 0.870. The lowest BCUT2D eigenvalue weighted by atomic mass is 9.93. The van der Waals surface area contributed by atoms with Crippen molar-refractivity contribution < 1.29 is 15.0 Å². The Labute approximate surface area is 211 Å². The quantitative estimate of drug-likeness (QED) is 0.317. The molecule has 35 heavy (non-hydrogen) atoms. The van der Waals surface area contributed by atoms with E-state index in [-0.39, 0.29) is 19.1 Å². The van der Waals surface area contributed by atoms with Crippen LogP contribution in [0.3, 0.4) is 0 Å². The van der Waals surface area contributed by atoms with Gasteiger partial charge in [0.1, 0.15) is 11.6 Å². The number of nitrogens with one attached hydrogen (secondary N) is 3. The van der Waals surface area contributed by atoms with E-state index in [0.29, 0.717) is 28.7 Å². The molecule has 3 aliphatic rings. The predicted octanol–water partition coefficient (Wildman–Crippen LogP) is 3.63. The Kier molecular flexibility index (Phi) is 6.94. The minimum atomic E-state index is -0.902. The zero-order chi connectivity index (χ0) is 24.5. The van der Waals surface area contributed by atoms with Gasteiger partial charge in [0, 0.05) is 29.7 Å². The number of aromatic nitrogens is 1. The van der Waals surface area contributed by atoms with E-state index in [2.05, 4.69) is 20.3 Å². The van der Waals surface area contributed by atoms with Gasteiger partial charge in [0.25, 0.3) is 5.91 Å². The first-order valence-corrected chi connectivity index (χ1v) is 13.3. The number of carbonyl (C=O) groups excluding carboxylic acids is 1. The molecule has 2 saturated carbocycles. The van der Waals surface area contributed by atoms with Gasteiger partial charge in [0.05, 0.1) is 24.3 Å². The molecule has 5 rings (SSSR count). The summed E-state index contributed by atoms with van der Waals surface area (Å²) >= 11 is 1.60.